The number of carbonyl (C=O) groups excluding carboxylic acids is 1. The third-order valence-corrected chi connectivity index (χ3v) is 5.84. The van der Waals surface area contributed by atoms with E-state index in [2.05, 4.69) is 15.5 Å². The fourth-order valence-corrected chi connectivity index (χ4v) is 3.85. The van der Waals surface area contributed by atoms with Crippen molar-refractivity contribution in [1.29, 1.82) is 0 Å². The predicted octanol–water partition coefficient (Wildman–Crippen LogP) is 4.67. The molecule has 0 fully saturated rings. The van der Waals surface area contributed by atoms with Crippen LogP contribution in [0.15, 0.2) is 41.6 Å². The number of aryl methyl sites for hydroxylation is 1. The average Bonchev–Trinajstić information content (AvgIpc) is 3.17. The second-order valence-corrected chi connectivity index (χ2v) is 7.77. The number of benzene rings is 2. The lowest BCUT2D eigenvalue weighted by atomic mass is 10.2. The largest absolute Gasteiger partial charge is 0.493 e. The van der Waals surface area contributed by atoms with Crippen molar-refractivity contribution in [3.63, 3.8) is 0 Å². The molecular formula is C21H23ClN4O3S. The molecule has 3 aromatic rings. The normalized spacial score (nSPS) is 10.7. The molecule has 0 aliphatic carbocycles. The standard InChI is InChI=1S/C21H23ClN4O3S/c1-5-26-20(14-7-9-17(28-3)18(10-14)29-4)24-25-21(26)30-12-19(27)23-15-8-6-13(2)16(22)11-15/h6-11H,5,12H2,1-4H3,(H,23,27). The van der Waals surface area contributed by atoms with Gasteiger partial charge >= 0.3 is 0 Å². The minimum absolute atomic E-state index is 0.141. The van der Waals surface area contributed by atoms with Crippen LogP contribution >= 0.6 is 23.4 Å². The topological polar surface area (TPSA) is 78.3 Å². The Morgan fingerprint density at radius 1 is 1.13 bits per heavy atom. The quantitative estimate of drug-likeness (QED) is 0.506. The lowest BCUT2D eigenvalue weighted by Crippen LogP contribution is -2.14. The van der Waals surface area contributed by atoms with E-state index in [0.717, 1.165) is 11.1 Å². The molecule has 0 bridgehead atoms. The number of thioether (sulfide) groups is 1. The number of ether oxygens (including phenoxy) is 2. The highest BCUT2D eigenvalue weighted by Crippen LogP contribution is 2.33. The van der Waals surface area contributed by atoms with E-state index >= 15 is 0 Å². The van der Waals surface area contributed by atoms with Gasteiger partial charge in [0.05, 0.1) is 20.0 Å². The van der Waals surface area contributed by atoms with Crippen LogP contribution in [0.25, 0.3) is 11.4 Å². The zero-order chi connectivity index (χ0) is 21.7. The number of methoxy groups -OCH3 is 2. The Hall–Kier alpha value is -2.71. The van der Waals surface area contributed by atoms with E-state index in [-0.39, 0.29) is 11.7 Å². The highest BCUT2D eigenvalue weighted by Gasteiger charge is 2.16. The number of amides is 1. The molecule has 0 atom stereocenters. The summed E-state index contributed by atoms with van der Waals surface area (Å²) in [6.07, 6.45) is 0. The molecule has 0 saturated heterocycles. The Balaban J connectivity index is 1.72. The van der Waals surface area contributed by atoms with Gasteiger partial charge in [-0.1, -0.05) is 29.4 Å². The zero-order valence-electron chi connectivity index (χ0n) is 17.2. The molecule has 7 nitrogen and oxygen atoms in total. The molecule has 3 rings (SSSR count). The van der Waals surface area contributed by atoms with Crippen LogP contribution in [-0.4, -0.2) is 40.6 Å². The van der Waals surface area contributed by atoms with Crippen molar-refractivity contribution in [3.8, 4) is 22.9 Å². The molecular weight excluding hydrogens is 424 g/mol. The van der Waals surface area contributed by atoms with Crippen molar-refractivity contribution in [2.24, 2.45) is 0 Å². The number of rotatable bonds is 8. The summed E-state index contributed by atoms with van der Waals surface area (Å²) < 4.78 is 12.6. The van der Waals surface area contributed by atoms with Gasteiger partial charge in [-0.3, -0.25) is 4.79 Å². The van der Waals surface area contributed by atoms with Crippen LogP contribution < -0.4 is 14.8 Å². The minimum atomic E-state index is -0.141. The molecule has 0 unspecified atom stereocenters. The molecule has 2 aromatic carbocycles. The van der Waals surface area contributed by atoms with E-state index < -0.39 is 0 Å². The molecule has 9 heteroatoms. The number of hydrogen-bond donors (Lipinski definition) is 1. The number of aromatic nitrogens is 3. The Labute approximate surface area is 184 Å². The first-order valence-corrected chi connectivity index (χ1v) is 10.7. The van der Waals surface area contributed by atoms with Crippen LogP contribution in [0.4, 0.5) is 5.69 Å². The first-order chi connectivity index (χ1) is 14.5. The van der Waals surface area contributed by atoms with Gasteiger partial charge in [-0.2, -0.15) is 0 Å². The Kier molecular flexibility index (Phi) is 7.23. The van der Waals surface area contributed by atoms with Crippen molar-refractivity contribution in [2.75, 3.05) is 25.3 Å². The first-order valence-electron chi connectivity index (χ1n) is 9.31. The third kappa shape index (κ3) is 4.88. The van der Waals surface area contributed by atoms with Gasteiger partial charge in [0.2, 0.25) is 5.91 Å². The Bertz CT molecular complexity index is 1050. The van der Waals surface area contributed by atoms with Crippen molar-refractivity contribution >= 4 is 35.0 Å². The molecule has 30 heavy (non-hydrogen) atoms. The van der Waals surface area contributed by atoms with Gasteiger partial charge in [0.25, 0.3) is 0 Å². The van der Waals surface area contributed by atoms with Crippen LogP contribution in [0.5, 0.6) is 11.5 Å². The molecule has 1 aromatic heterocycles. The number of halogens is 1. The van der Waals surface area contributed by atoms with Crippen LogP contribution in [0, 0.1) is 6.92 Å². The molecule has 1 amide bonds. The SMILES string of the molecule is CCn1c(SCC(=O)Nc2ccc(C)c(Cl)c2)nnc1-c1ccc(OC)c(OC)c1. The highest BCUT2D eigenvalue weighted by molar-refractivity contribution is 7.99. The van der Waals surface area contributed by atoms with E-state index in [1.807, 2.05) is 48.7 Å². The van der Waals surface area contributed by atoms with Crippen LogP contribution in [-0.2, 0) is 11.3 Å². The zero-order valence-corrected chi connectivity index (χ0v) is 18.8. The molecule has 0 aliphatic heterocycles. The lowest BCUT2D eigenvalue weighted by molar-refractivity contribution is -0.113. The Morgan fingerprint density at radius 2 is 1.90 bits per heavy atom. The van der Waals surface area contributed by atoms with Crippen LogP contribution in [0.2, 0.25) is 5.02 Å². The van der Waals surface area contributed by atoms with E-state index in [4.69, 9.17) is 21.1 Å². The maximum Gasteiger partial charge on any atom is 0.234 e. The summed E-state index contributed by atoms with van der Waals surface area (Å²) in [6, 6.07) is 11.0. The molecule has 0 aliphatic rings. The van der Waals surface area contributed by atoms with Crippen molar-refractivity contribution in [1.82, 2.24) is 14.8 Å². The van der Waals surface area contributed by atoms with E-state index in [1.165, 1.54) is 11.8 Å². The highest BCUT2D eigenvalue weighted by atomic mass is 35.5. The molecule has 0 saturated carbocycles. The van der Waals surface area contributed by atoms with E-state index in [0.29, 0.717) is 39.7 Å². The third-order valence-electron chi connectivity index (χ3n) is 4.46. The molecule has 158 valence electrons. The summed E-state index contributed by atoms with van der Waals surface area (Å²) >= 11 is 7.44. The number of nitrogens with one attached hydrogen (secondary N) is 1. The maximum absolute atomic E-state index is 12.3. The fraction of sp³-hybridized carbons (Fsp3) is 0.286. The van der Waals surface area contributed by atoms with Gasteiger partial charge in [-0.15, -0.1) is 10.2 Å². The number of nitrogens with zero attached hydrogens (tertiary/aromatic N) is 3. The van der Waals surface area contributed by atoms with Crippen molar-refractivity contribution < 1.29 is 14.3 Å². The number of hydrogen-bond acceptors (Lipinski definition) is 6. The van der Waals surface area contributed by atoms with Crippen molar-refractivity contribution in [3.05, 3.63) is 47.0 Å². The molecule has 0 radical (unpaired) electrons. The summed E-state index contributed by atoms with van der Waals surface area (Å²) in [5.41, 5.74) is 2.48. The van der Waals surface area contributed by atoms with Gasteiger partial charge in [0, 0.05) is 22.8 Å². The van der Waals surface area contributed by atoms with Gasteiger partial charge in [0.15, 0.2) is 22.5 Å². The number of carbonyl (C=O) groups is 1. The minimum Gasteiger partial charge on any atom is -0.493 e. The summed E-state index contributed by atoms with van der Waals surface area (Å²) in [4.78, 5) is 12.3. The van der Waals surface area contributed by atoms with Gasteiger partial charge in [-0.25, -0.2) is 0 Å². The summed E-state index contributed by atoms with van der Waals surface area (Å²) in [6.45, 7) is 4.58. The van der Waals surface area contributed by atoms with Gasteiger partial charge in [-0.05, 0) is 49.7 Å². The average molecular weight is 447 g/mol. The lowest BCUT2D eigenvalue weighted by Gasteiger charge is -2.11. The first kappa shape index (κ1) is 22.0. The predicted molar refractivity (Wildman–Crippen MR) is 120 cm³/mol. The Morgan fingerprint density at radius 3 is 2.57 bits per heavy atom. The van der Waals surface area contributed by atoms with Gasteiger partial charge < -0.3 is 19.4 Å². The summed E-state index contributed by atoms with van der Waals surface area (Å²) in [5.74, 6) is 2.03. The van der Waals surface area contributed by atoms with Crippen LogP contribution in [0.3, 0.4) is 0 Å². The number of anilines is 1. The molecule has 1 heterocycles. The van der Waals surface area contributed by atoms with Crippen LogP contribution in [0.1, 0.15) is 12.5 Å². The fourth-order valence-electron chi connectivity index (χ4n) is 2.87. The second kappa shape index (κ2) is 9.86. The van der Waals surface area contributed by atoms with Crippen molar-refractivity contribution in [2.45, 2.75) is 25.5 Å². The monoisotopic (exact) mass is 446 g/mol. The smallest absolute Gasteiger partial charge is 0.234 e. The second-order valence-electron chi connectivity index (χ2n) is 6.42. The van der Waals surface area contributed by atoms with E-state index in [1.54, 1.807) is 20.3 Å². The molecule has 1 N–H and O–H groups in total. The van der Waals surface area contributed by atoms with Gasteiger partial charge in [0.1, 0.15) is 0 Å². The molecule has 0 spiro atoms. The van der Waals surface area contributed by atoms with E-state index in [9.17, 15) is 4.79 Å². The summed E-state index contributed by atoms with van der Waals surface area (Å²) in [5, 5.41) is 12.7. The summed E-state index contributed by atoms with van der Waals surface area (Å²) in [7, 11) is 3.18. The maximum atomic E-state index is 12.3.